The van der Waals surface area contributed by atoms with Gasteiger partial charge in [0.2, 0.25) is 0 Å². The number of benzene rings is 2. The van der Waals surface area contributed by atoms with Crippen LogP contribution in [0.25, 0.3) is 10.8 Å². The van der Waals surface area contributed by atoms with Gasteiger partial charge >= 0.3 is 5.97 Å². The van der Waals surface area contributed by atoms with Crippen molar-refractivity contribution in [2.45, 2.75) is 38.5 Å². The van der Waals surface area contributed by atoms with Crippen molar-refractivity contribution in [3.8, 4) is 0 Å². The molecule has 0 amide bonds. The van der Waals surface area contributed by atoms with Gasteiger partial charge in [-0.15, -0.1) is 0 Å². The molecule has 1 saturated carbocycles. The molecule has 4 rings (SSSR count). The van der Waals surface area contributed by atoms with E-state index in [1.807, 2.05) is 0 Å². The van der Waals surface area contributed by atoms with Gasteiger partial charge in [-0.05, 0) is 52.5 Å². The van der Waals surface area contributed by atoms with Crippen LogP contribution in [0.5, 0.6) is 0 Å². The van der Waals surface area contributed by atoms with E-state index in [0.717, 1.165) is 19.3 Å². The van der Waals surface area contributed by atoms with Crippen LogP contribution in [0.15, 0.2) is 48.6 Å². The van der Waals surface area contributed by atoms with E-state index in [9.17, 15) is 9.90 Å². The Morgan fingerprint density at radius 1 is 1.30 bits per heavy atom. The van der Waals surface area contributed by atoms with Gasteiger partial charge in [0.15, 0.2) is 0 Å². The summed E-state index contributed by atoms with van der Waals surface area (Å²) in [4.78, 5) is 11.3. The summed E-state index contributed by atoms with van der Waals surface area (Å²) in [6.45, 7) is 6.61. The second kappa shape index (κ2) is 4.95. The molecule has 23 heavy (non-hydrogen) atoms. The fraction of sp³-hybridized carbons (Fsp3) is 0.381. The highest BCUT2D eigenvalue weighted by atomic mass is 16.4. The first-order valence-electron chi connectivity index (χ1n) is 8.40. The molecule has 0 saturated heterocycles. The Bertz CT molecular complexity index is 820. The maximum absolute atomic E-state index is 11.3. The smallest absolute Gasteiger partial charge is 0.303 e. The minimum atomic E-state index is -0.686. The van der Waals surface area contributed by atoms with Gasteiger partial charge < -0.3 is 5.11 Å². The number of aryl methyl sites for hydroxylation is 1. The maximum Gasteiger partial charge on any atom is 0.303 e. The lowest BCUT2D eigenvalue weighted by Gasteiger charge is -2.42. The Hall–Kier alpha value is -2.09. The van der Waals surface area contributed by atoms with Crippen molar-refractivity contribution in [1.29, 1.82) is 0 Å². The summed E-state index contributed by atoms with van der Waals surface area (Å²) in [6, 6.07) is 13.0. The average Bonchev–Trinajstić information content (AvgIpc) is 2.77. The van der Waals surface area contributed by atoms with E-state index in [4.69, 9.17) is 0 Å². The molecule has 0 aliphatic heterocycles. The molecular formula is C21H22O2. The molecule has 1 unspecified atom stereocenters. The third kappa shape index (κ3) is 2.04. The Morgan fingerprint density at radius 2 is 2.09 bits per heavy atom. The van der Waals surface area contributed by atoms with E-state index < -0.39 is 5.97 Å². The highest BCUT2D eigenvalue weighted by Crippen LogP contribution is 2.61. The van der Waals surface area contributed by atoms with Gasteiger partial charge in [0.1, 0.15) is 0 Å². The first-order chi connectivity index (χ1) is 11.0. The molecule has 2 heteroatoms. The number of rotatable bonds is 2. The Balaban J connectivity index is 1.85. The molecule has 2 aromatic carbocycles. The predicted octanol–water partition coefficient (Wildman–Crippen LogP) is 4.93. The minimum absolute atomic E-state index is 0.0327. The maximum atomic E-state index is 11.3. The molecular weight excluding hydrogens is 284 g/mol. The summed E-state index contributed by atoms with van der Waals surface area (Å²) < 4.78 is 0. The Kier molecular flexibility index (Phi) is 3.12. The molecule has 0 bridgehead atoms. The third-order valence-electron chi connectivity index (χ3n) is 6.23. The quantitative estimate of drug-likeness (QED) is 0.799. The van der Waals surface area contributed by atoms with Gasteiger partial charge in [-0.25, -0.2) is 0 Å². The van der Waals surface area contributed by atoms with E-state index in [1.54, 1.807) is 0 Å². The van der Waals surface area contributed by atoms with E-state index in [0.29, 0.717) is 5.92 Å². The highest BCUT2D eigenvalue weighted by molar-refractivity contribution is 5.87. The number of carbonyl (C=O) groups is 1. The van der Waals surface area contributed by atoms with Crippen molar-refractivity contribution in [1.82, 2.24) is 0 Å². The fourth-order valence-corrected chi connectivity index (χ4v) is 5.11. The second-order valence-electron chi connectivity index (χ2n) is 7.45. The third-order valence-corrected chi connectivity index (χ3v) is 6.23. The van der Waals surface area contributed by atoms with Crippen LogP contribution in [0.1, 0.15) is 43.2 Å². The zero-order chi connectivity index (χ0) is 16.2. The molecule has 118 valence electrons. The van der Waals surface area contributed by atoms with E-state index >= 15 is 0 Å². The zero-order valence-corrected chi connectivity index (χ0v) is 13.5. The normalized spacial score (nSPS) is 29.3. The van der Waals surface area contributed by atoms with Gasteiger partial charge in [-0.3, -0.25) is 4.79 Å². The molecule has 3 atom stereocenters. The van der Waals surface area contributed by atoms with Gasteiger partial charge in [-0.2, -0.15) is 0 Å². The monoisotopic (exact) mass is 306 g/mol. The minimum Gasteiger partial charge on any atom is -0.481 e. The van der Waals surface area contributed by atoms with Crippen molar-refractivity contribution in [2.75, 3.05) is 0 Å². The molecule has 2 nitrogen and oxygen atoms in total. The summed E-state index contributed by atoms with van der Waals surface area (Å²) in [7, 11) is 0. The Morgan fingerprint density at radius 3 is 2.87 bits per heavy atom. The number of hydrogen-bond acceptors (Lipinski definition) is 1. The predicted molar refractivity (Wildman–Crippen MR) is 92.6 cm³/mol. The summed E-state index contributed by atoms with van der Waals surface area (Å²) in [5.41, 5.74) is 4.08. The number of carboxylic acid groups (broad SMARTS) is 1. The van der Waals surface area contributed by atoms with Crippen molar-refractivity contribution < 1.29 is 9.90 Å². The number of carboxylic acids is 1. The molecule has 2 aliphatic carbocycles. The summed E-state index contributed by atoms with van der Waals surface area (Å²) in [6.07, 6.45) is 3.19. The van der Waals surface area contributed by atoms with Crippen LogP contribution >= 0.6 is 0 Å². The largest absolute Gasteiger partial charge is 0.481 e. The van der Waals surface area contributed by atoms with Crippen LogP contribution < -0.4 is 0 Å². The van der Waals surface area contributed by atoms with Crippen LogP contribution in [0.4, 0.5) is 0 Å². The van der Waals surface area contributed by atoms with Gasteiger partial charge in [0.25, 0.3) is 0 Å². The molecule has 1 fully saturated rings. The second-order valence-corrected chi connectivity index (χ2v) is 7.45. The van der Waals surface area contributed by atoms with Crippen LogP contribution in [0.3, 0.4) is 0 Å². The number of hydrogen-bond donors (Lipinski definition) is 1. The SMILES string of the molecule is C=C1C[C@@H](CC(=O)O)[C@@]2(C)CCc3c(ccc4ccccc34)C12. The molecule has 0 aromatic heterocycles. The standard InChI is InChI=1S/C21H22O2/c1-13-11-15(12-19(22)23)21(2)10-9-17-16-6-4-3-5-14(16)7-8-18(17)20(13)21/h3-8,15,20H,1,9-12H2,2H3,(H,22,23)/t15-,20?,21+/m0/s1. The van der Waals surface area contributed by atoms with E-state index in [-0.39, 0.29) is 17.8 Å². The van der Waals surface area contributed by atoms with Gasteiger partial charge in [0, 0.05) is 12.3 Å². The van der Waals surface area contributed by atoms with Crippen molar-refractivity contribution in [3.63, 3.8) is 0 Å². The molecule has 0 radical (unpaired) electrons. The van der Waals surface area contributed by atoms with Crippen LogP contribution in [-0.2, 0) is 11.2 Å². The van der Waals surface area contributed by atoms with Gasteiger partial charge in [0.05, 0.1) is 0 Å². The summed E-state index contributed by atoms with van der Waals surface area (Å²) in [5, 5.41) is 11.9. The Labute approximate surface area is 136 Å². The molecule has 2 aliphatic rings. The number of aliphatic carboxylic acids is 1. The number of allylic oxidation sites excluding steroid dienone is 1. The lowest BCUT2D eigenvalue weighted by Crippen LogP contribution is -2.33. The molecule has 1 N–H and O–H groups in total. The lowest BCUT2D eigenvalue weighted by molar-refractivity contribution is -0.139. The number of fused-ring (bicyclic) bond motifs is 5. The first-order valence-corrected chi connectivity index (χ1v) is 8.40. The van der Waals surface area contributed by atoms with E-state index in [1.165, 1.54) is 27.5 Å². The average molecular weight is 306 g/mol. The van der Waals surface area contributed by atoms with Crippen molar-refractivity contribution >= 4 is 16.7 Å². The van der Waals surface area contributed by atoms with Gasteiger partial charge in [-0.1, -0.05) is 55.5 Å². The highest BCUT2D eigenvalue weighted by Gasteiger charge is 2.51. The zero-order valence-electron chi connectivity index (χ0n) is 13.5. The van der Waals surface area contributed by atoms with Crippen molar-refractivity contribution in [2.24, 2.45) is 11.3 Å². The van der Waals surface area contributed by atoms with Crippen LogP contribution in [-0.4, -0.2) is 11.1 Å². The fourth-order valence-electron chi connectivity index (χ4n) is 5.11. The molecule has 0 heterocycles. The first kappa shape index (κ1) is 14.5. The topological polar surface area (TPSA) is 37.3 Å². The summed E-state index contributed by atoms with van der Waals surface area (Å²) >= 11 is 0. The summed E-state index contributed by atoms with van der Waals surface area (Å²) in [5.74, 6) is -0.175. The van der Waals surface area contributed by atoms with Crippen LogP contribution in [0, 0.1) is 11.3 Å². The van der Waals surface area contributed by atoms with E-state index in [2.05, 4.69) is 49.9 Å². The van der Waals surface area contributed by atoms with Crippen molar-refractivity contribution in [3.05, 3.63) is 59.7 Å². The lowest BCUT2D eigenvalue weighted by atomic mass is 9.62. The van der Waals surface area contributed by atoms with Crippen LogP contribution in [0.2, 0.25) is 0 Å². The molecule has 2 aromatic rings. The molecule has 0 spiro atoms.